The minimum Gasteiger partial charge on any atom is -0.306 e. The molecule has 6 nitrogen and oxygen atoms in total. The number of nitrogens with one attached hydrogen (secondary N) is 3. The summed E-state index contributed by atoms with van der Waals surface area (Å²) in [5.41, 5.74) is 1.27. The Bertz CT molecular complexity index is 1020. The van der Waals surface area contributed by atoms with E-state index in [0.29, 0.717) is 22.3 Å². The third-order valence-electron chi connectivity index (χ3n) is 3.23. The van der Waals surface area contributed by atoms with E-state index in [1.807, 2.05) is 0 Å². The number of sulfonamides is 1. The fraction of sp³-hybridized carbons (Fsp3) is 0.0714. The first-order chi connectivity index (χ1) is 10.3. The van der Waals surface area contributed by atoms with E-state index in [-0.39, 0.29) is 4.90 Å². The summed E-state index contributed by atoms with van der Waals surface area (Å²) < 4.78 is 40.2. The molecule has 22 heavy (non-hydrogen) atoms. The summed E-state index contributed by atoms with van der Waals surface area (Å²) in [5, 5.41) is 0. The van der Waals surface area contributed by atoms with Crippen LogP contribution in [-0.2, 0) is 10.0 Å². The number of hydrogen-bond acceptors (Lipinski definition) is 3. The second-order valence-electron chi connectivity index (χ2n) is 4.85. The summed E-state index contributed by atoms with van der Waals surface area (Å²) in [6.45, 7) is 1.60. The molecule has 3 rings (SSSR count). The van der Waals surface area contributed by atoms with Gasteiger partial charge in [0.15, 0.2) is 0 Å². The summed E-state index contributed by atoms with van der Waals surface area (Å²) in [6.07, 6.45) is 0. The molecule has 114 valence electrons. The molecule has 0 aliphatic carbocycles. The predicted octanol–water partition coefficient (Wildman–Crippen LogP) is 2.10. The molecule has 0 saturated carbocycles. The highest BCUT2D eigenvalue weighted by Crippen LogP contribution is 2.22. The van der Waals surface area contributed by atoms with Crippen molar-refractivity contribution >= 4 is 26.7 Å². The second kappa shape index (κ2) is 4.99. The van der Waals surface area contributed by atoms with E-state index < -0.39 is 21.5 Å². The van der Waals surface area contributed by atoms with Crippen molar-refractivity contribution in [2.24, 2.45) is 0 Å². The van der Waals surface area contributed by atoms with E-state index in [4.69, 9.17) is 0 Å². The summed E-state index contributed by atoms with van der Waals surface area (Å²) in [6, 6.07) is 8.02. The van der Waals surface area contributed by atoms with E-state index in [2.05, 4.69) is 14.7 Å². The number of H-pyrrole nitrogens is 2. The van der Waals surface area contributed by atoms with Crippen molar-refractivity contribution in [2.75, 3.05) is 4.72 Å². The van der Waals surface area contributed by atoms with Gasteiger partial charge in [0, 0.05) is 0 Å². The number of fused-ring (bicyclic) bond motifs is 1. The van der Waals surface area contributed by atoms with Gasteiger partial charge in [-0.3, -0.25) is 4.72 Å². The zero-order valence-electron chi connectivity index (χ0n) is 11.5. The number of benzene rings is 2. The molecule has 0 aliphatic heterocycles. The number of aryl methyl sites for hydroxylation is 1. The average molecular weight is 321 g/mol. The minimum atomic E-state index is -3.84. The molecule has 0 radical (unpaired) electrons. The molecule has 0 unspecified atom stereocenters. The molecule has 0 atom stereocenters. The van der Waals surface area contributed by atoms with Gasteiger partial charge in [0.2, 0.25) is 0 Å². The van der Waals surface area contributed by atoms with Gasteiger partial charge >= 0.3 is 5.69 Å². The number of aromatic nitrogens is 2. The van der Waals surface area contributed by atoms with Crippen LogP contribution < -0.4 is 10.4 Å². The Labute approximate surface area is 125 Å². The van der Waals surface area contributed by atoms with Crippen LogP contribution in [0.5, 0.6) is 0 Å². The van der Waals surface area contributed by atoms with Gasteiger partial charge in [-0.2, -0.15) is 0 Å². The van der Waals surface area contributed by atoms with E-state index in [1.54, 1.807) is 6.92 Å². The Morgan fingerprint density at radius 1 is 1.05 bits per heavy atom. The molecule has 0 spiro atoms. The normalized spacial score (nSPS) is 11.7. The maximum atomic E-state index is 13.1. The van der Waals surface area contributed by atoms with Crippen molar-refractivity contribution in [2.45, 2.75) is 11.8 Å². The first-order valence-corrected chi connectivity index (χ1v) is 7.84. The van der Waals surface area contributed by atoms with Crippen LogP contribution in [0.1, 0.15) is 5.56 Å². The van der Waals surface area contributed by atoms with Crippen LogP contribution in [0.15, 0.2) is 46.1 Å². The molecule has 1 heterocycles. The SMILES string of the molecule is Cc1cc(F)ccc1NS(=O)(=O)c1ccc2[nH]c(=O)[nH]c2c1. The number of anilines is 1. The van der Waals surface area contributed by atoms with Crippen LogP contribution in [0.2, 0.25) is 0 Å². The molecule has 0 aliphatic rings. The molecule has 3 N–H and O–H groups in total. The summed E-state index contributed by atoms with van der Waals surface area (Å²) in [5.74, 6) is -0.438. The van der Waals surface area contributed by atoms with Crippen molar-refractivity contribution in [3.63, 3.8) is 0 Å². The first-order valence-electron chi connectivity index (χ1n) is 6.36. The summed E-state index contributed by atoms with van der Waals surface area (Å²) >= 11 is 0. The van der Waals surface area contributed by atoms with Gasteiger partial charge in [-0.1, -0.05) is 0 Å². The van der Waals surface area contributed by atoms with Crippen LogP contribution in [0, 0.1) is 12.7 Å². The minimum absolute atomic E-state index is 0.000949. The first kappa shape index (κ1) is 14.3. The average Bonchev–Trinajstić information content (AvgIpc) is 2.81. The maximum absolute atomic E-state index is 13.1. The standard InChI is InChI=1S/C14H12FN3O3S/c1-8-6-9(15)2-4-11(8)18-22(20,21)10-3-5-12-13(7-10)17-14(19)16-12/h2-7,18H,1H3,(H2,16,17,19). The van der Waals surface area contributed by atoms with Crippen LogP contribution >= 0.6 is 0 Å². The zero-order valence-corrected chi connectivity index (χ0v) is 12.3. The van der Waals surface area contributed by atoms with Gasteiger partial charge in [-0.15, -0.1) is 0 Å². The molecule has 0 bridgehead atoms. The van der Waals surface area contributed by atoms with Crippen LogP contribution in [0.3, 0.4) is 0 Å². The predicted molar refractivity (Wildman–Crippen MR) is 80.9 cm³/mol. The van der Waals surface area contributed by atoms with Gasteiger partial charge in [-0.05, 0) is 48.9 Å². The van der Waals surface area contributed by atoms with Gasteiger partial charge < -0.3 is 9.97 Å². The van der Waals surface area contributed by atoms with Crippen molar-refractivity contribution in [1.82, 2.24) is 9.97 Å². The van der Waals surface area contributed by atoms with Crippen LogP contribution in [0.4, 0.5) is 10.1 Å². The quantitative estimate of drug-likeness (QED) is 0.689. The maximum Gasteiger partial charge on any atom is 0.323 e. The van der Waals surface area contributed by atoms with Gasteiger partial charge in [0.05, 0.1) is 21.6 Å². The van der Waals surface area contributed by atoms with E-state index in [9.17, 15) is 17.6 Å². The monoisotopic (exact) mass is 321 g/mol. The van der Waals surface area contributed by atoms with Crippen molar-refractivity contribution in [3.8, 4) is 0 Å². The molecule has 0 saturated heterocycles. The van der Waals surface area contributed by atoms with Crippen LogP contribution in [0.25, 0.3) is 11.0 Å². The highest BCUT2D eigenvalue weighted by atomic mass is 32.2. The van der Waals surface area contributed by atoms with Gasteiger partial charge in [0.25, 0.3) is 10.0 Å². The fourth-order valence-electron chi connectivity index (χ4n) is 2.12. The third-order valence-corrected chi connectivity index (χ3v) is 4.59. The van der Waals surface area contributed by atoms with Gasteiger partial charge in [-0.25, -0.2) is 17.6 Å². The number of rotatable bonds is 3. The Morgan fingerprint density at radius 3 is 2.50 bits per heavy atom. The number of aromatic amines is 2. The number of halogens is 1. The van der Waals surface area contributed by atoms with Crippen LogP contribution in [-0.4, -0.2) is 18.4 Å². The second-order valence-corrected chi connectivity index (χ2v) is 6.53. The Morgan fingerprint density at radius 2 is 1.77 bits per heavy atom. The van der Waals surface area contributed by atoms with E-state index >= 15 is 0 Å². The molecular weight excluding hydrogens is 309 g/mol. The topological polar surface area (TPSA) is 94.8 Å². The fourth-order valence-corrected chi connectivity index (χ4v) is 3.28. The lowest BCUT2D eigenvalue weighted by Gasteiger charge is -2.10. The number of imidazole rings is 1. The molecule has 0 amide bonds. The molecule has 0 fully saturated rings. The Balaban J connectivity index is 2.01. The van der Waals surface area contributed by atoms with Crippen molar-refractivity contribution < 1.29 is 12.8 Å². The third kappa shape index (κ3) is 2.60. The zero-order chi connectivity index (χ0) is 15.9. The largest absolute Gasteiger partial charge is 0.323 e. The summed E-state index contributed by atoms with van der Waals surface area (Å²) in [4.78, 5) is 16.2. The smallest absolute Gasteiger partial charge is 0.306 e. The lowest BCUT2D eigenvalue weighted by atomic mass is 10.2. The van der Waals surface area contributed by atoms with E-state index in [0.717, 1.165) is 0 Å². The van der Waals surface area contributed by atoms with Crippen molar-refractivity contribution in [3.05, 3.63) is 58.3 Å². The summed E-state index contributed by atoms with van der Waals surface area (Å²) in [7, 11) is -3.84. The molecular formula is C14H12FN3O3S. The highest BCUT2D eigenvalue weighted by Gasteiger charge is 2.16. The van der Waals surface area contributed by atoms with Gasteiger partial charge in [0.1, 0.15) is 5.82 Å². The lowest BCUT2D eigenvalue weighted by molar-refractivity contribution is 0.601. The lowest BCUT2D eigenvalue weighted by Crippen LogP contribution is -2.13. The molecule has 8 heteroatoms. The van der Waals surface area contributed by atoms with Crippen molar-refractivity contribution in [1.29, 1.82) is 0 Å². The molecule has 2 aromatic carbocycles. The Hall–Kier alpha value is -2.61. The molecule has 1 aromatic heterocycles. The van der Waals surface area contributed by atoms with E-state index in [1.165, 1.54) is 36.4 Å². The molecule has 3 aromatic rings. The number of hydrogen-bond donors (Lipinski definition) is 3. The highest BCUT2D eigenvalue weighted by molar-refractivity contribution is 7.92. The Kier molecular flexibility index (Phi) is 3.25.